The maximum absolute atomic E-state index is 13.3. The molecule has 1 saturated carbocycles. The van der Waals surface area contributed by atoms with Crippen LogP contribution in [-0.2, 0) is 16.1 Å². The Morgan fingerprint density at radius 3 is 2.61 bits per heavy atom. The summed E-state index contributed by atoms with van der Waals surface area (Å²) in [4.78, 5) is 22.7. The van der Waals surface area contributed by atoms with Crippen molar-refractivity contribution in [3.63, 3.8) is 0 Å². The highest BCUT2D eigenvalue weighted by Crippen LogP contribution is 2.40. The van der Waals surface area contributed by atoms with Gasteiger partial charge in [-0.15, -0.1) is 0 Å². The summed E-state index contributed by atoms with van der Waals surface area (Å²) < 4.78 is 31.6. The number of alkyl carbamates (subject to hydrolysis) is 1. The number of nitrogens with one attached hydrogen (secondary N) is 1. The molecule has 0 spiro atoms. The van der Waals surface area contributed by atoms with E-state index in [1.54, 1.807) is 24.3 Å². The van der Waals surface area contributed by atoms with Crippen LogP contribution in [-0.4, -0.2) is 29.1 Å². The van der Waals surface area contributed by atoms with Gasteiger partial charge in [0.2, 0.25) is 5.92 Å². The van der Waals surface area contributed by atoms with Gasteiger partial charge in [0.15, 0.2) is 0 Å². The van der Waals surface area contributed by atoms with Gasteiger partial charge >= 0.3 is 12.1 Å². The van der Waals surface area contributed by atoms with Crippen molar-refractivity contribution in [2.45, 2.75) is 44.3 Å². The molecule has 0 saturated heterocycles. The quantitative estimate of drug-likeness (QED) is 0.841. The van der Waals surface area contributed by atoms with Gasteiger partial charge in [0.1, 0.15) is 6.61 Å². The van der Waals surface area contributed by atoms with E-state index in [9.17, 15) is 18.4 Å². The van der Waals surface area contributed by atoms with Crippen molar-refractivity contribution in [2.24, 2.45) is 5.92 Å². The molecule has 1 unspecified atom stereocenters. The smallest absolute Gasteiger partial charge is 0.407 e. The van der Waals surface area contributed by atoms with E-state index < -0.39 is 42.8 Å². The molecule has 126 valence electrons. The molecule has 2 N–H and O–H groups in total. The number of amides is 1. The first-order chi connectivity index (χ1) is 10.9. The highest BCUT2D eigenvalue weighted by molar-refractivity contribution is 5.71. The number of aliphatic carboxylic acids is 1. The van der Waals surface area contributed by atoms with Crippen molar-refractivity contribution in [2.75, 3.05) is 0 Å². The molecule has 2 rings (SSSR count). The first-order valence-electron chi connectivity index (χ1n) is 7.42. The zero-order valence-corrected chi connectivity index (χ0v) is 12.5. The van der Waals surface area contributed by atoms with Gasteiger partial charge in [0.05, 0.1) is 6.42 Å². The standard InChI is InChI=1S/C16H19F2NO4/c17-16(18)7-6-12(9-16)13(8-14(20)21)19-15(22)23-10-11-4-2-1-3-5-11/h1-5,12-13H,6-10H2,(H,19,22)(H,20,21)/t12?,13-/m0/s1. The van der Waals surface area contributed by atoms with Crippen LogP contribution in [0.3, 0.4) is 0 Å². The molecule has 1 aromatic rings. The van der Waals surface area contributed by atoms with Crippen LogP contribution in [0.5, 0.6) is 0 Å². The summed E-state index contributed by atoms with van der Waals surface area (Å²) in [6.07, 6.45) is -1.71. The van der Waals surface area contributed by atoms with Crippen molar-refractivity contribution in [1.82, 2.24) is 5.32 Å². The molecule has 0 bridgehead atoms. The molecule has 1 aliphatic carbocycles. The normalized spacial score (nSPS) is 20.7. The van der Waals surface area contributed by atoms with E-state index in [1.807, 2.05) is 6.07 Å². The SMILES string of the molecule is O=C(O)C[C@H](NC(=O)OCc1ccccc1)C1CCC(F)(F)C1. The van der Waals surface area contributed by atoms with Crippen LogP contribution in [0, 0.1) is 5.92 Å². The minimum Gasteiger partial charge on any atom is -0.481 e. The van der Waals surface area contributed by atoms with Crippen LogP contribution in [0.25, 0.3) is 0 Å². The van der Waals surface area contributed by atoms with Gasteiger partial charge in [-0.3, -0.25) is 4.79 Å². The lowest BCUT2D eigenvalue weighted by Gasteiger charge is -2.23. The predicted octanol–water partition coefficient (Wildman–Crippen LogP) is 3.19. The molecule has 1 aliphatic rings. The van der Waals surface area contributed by atoms with Crippen LogP contribution >= 0.6 is 0 Å². The fourth-order valence-corrected chi connectivity index (χ4v) is 2.77. The Kier molecular flexibility index (Phi) is 5.52. The molecule has 1 aromatic carbocycles. The first kappa shape index (κ1) is 17.2. The fourth-order valence-electron chi connectivity index (χ4n) is 2.77. The highest BCUT2D eigenvalue weighted by atomic mass is 19.3. The summed E-state index contributed by atoms with van der Waals surface area (Å²) in [6, 6.07) is 8.12. The summed E-state index contributed by atoms with van der Waals surface area (Å²) >= 11 is 0. The third-order valence-corrected chi connectivity index (χ3v) is 3.92. The number of rotatable bonds is 6. The zero-order valence-electron chi connectivity index (χ0n) is 12.5. The molecule has 0 radical (unpaired) electrons. The number of carboxylic acid groups (broad SMARTS) is 1. The molecular formula is C16H19F2NO4. The fraction of sp³-hybridized carbons (Fsp3) is 0.500. The summed E-state index contributed by atoms with van der Waals surface area (Å²) in [5, 5.41) is 11.3. The second-order valence-corrected chi connectivity index (χ2v) is 5.77. The van der Waals surface area contributed by atoms with Gasteiger partial charge < -0.3 is 15.2 Å². The van der Waals surface area contributed by atoms with Crippen LogP contribution in [0.1, 0.15) is 31.2 Å². The number of carbonyl (C=O) groups is 2. The third-order valence-electron chi connectivity index (χ3n) is 3.92. The van der Waals surface area contributed by atoms with Gasteiger partial charge in [0, 0.05) is 18.9 Å². The van der Waals surface area contributed by atoms with E-state index in [2.05, 4.69) is 5.32 Å². The lowest BCUT2D eigenvalue weighted by molar-refractivity contribution is -0.137. The van der Waals surface area contributed by atoms with Crippen molar-refractivity contribution in [3.8, 4) is 0 Å². The Morgan fingerprint density at radius 2 is 2.04 bits per heavy atom. The van der Waals surface area contributed by atoms with Crippen molar-refractivity contribution < 1.29 is 28.2 Å². The van der Waals surface area contributed by atoms with E-state index in [1.165, 1.54) is 0 Å². The lowest BCUT2D eigenvalue weighted by atomic mass is 9.95. The summed E-state index contributed by atoms with van der Waals surface area (Å²) in [5.74, 6) is -4.50. The molecule has 5 nitrogen and oxygen atoms in total. The highest BCUT2D eigenvalue weighted by Gasteiger charge is 2.43. The number of ether oxygens (including phenoxy) is 1. The lowest BCUT2D eigenvalue weighted by Crippen LogP contribution is -2.41. The Balaban J connectivity index is 1.89. The van der Waals surface area contributed by atoms with E-state index in [0.29, 0.717) is 0 Å². The van der Waals surface area contributed by atoms with Crippen molar-refractivity contribution in [1.29, 1.82) is 0 Å². The molecule has 1 amide bonds. The molecule has 7 heteroatoms. The largest absolute Gasteiger partial charge is 0.481 e. The second kappa shape index (κ2) is 7.39. The molecule has 2 atom stereocenters. The molecule has 0 aromatic heterocycles. The van der Waals surface area contributed by atoms with Gasteiger partial charge in [0.25, 0.3) is 0 Å². The van der Waals surface area contributed by atoms with Crippen LogP contribution in [0.4, 0.5) is 13.6 Å². The van der Waals surface area contributed by atoms with Gasteiger partial charge in [-0.25, -0.2) is 13.6 Å². The molecule has 0 aliphatic heterocycles. The number of carboxylic acids is 1. The Labute approximate surface area is 132 Å². The number of hydrogen-bond acceptors (Lipinski definition) is 3. The van der Waals surface area contributed by atoms with E-state index >= 15 is 0 Å². The molecule has 23 heavy (non-hydrogen) atoms. The van der Waals surface area contributed by atoms with Crippen LogP contribution < -0.4 is 5.32 Å². The maximum Gasteiger partial charge on any atom is 0.407 e. The predicted molar refractivity (Wildman–Crippen MR) is 78.1 cm³/mol. The Bertz CT molecular complexity index is 550. The number of halogens is 2. The Hall–Kier alpha value is -2.18. The first-order valence-corrected chi connectivity index (χ1v) is 7.42. The van der Waals surface area contributed by atoms with E-state index in [4.69, 9.17) is 9.84 Å². The molecule has 0 heterocycles. The number of benzene rings is 1. The maximum atomic E-state index is 13.3. The zero-order chi connectivity index (χ0) is 16.9. The van der Waals surface area contributed by atoms with Crippen LogP contribution in [0.2, 0.25) is 0 Å². The summed E-state index contributed by atoms with van der Waals surface area (Å²) in [5.41, 5.74) is 0.782. The summed E-state index contributed by atoms with van der Waals surface area (Å²) in [7, 11) is 0. The van der Waals surface area contributed by atoms with Gasteiger partial charge in [-0.1, -0.05) is 30.3 Å². The topological polar surface area (TPSA) is 75.6 Å². The minimum atomic E-state index is -2.79. The third kappa shape index (κ3) is 5.50. The molecular weight excluding hydrogens is 308 g/mol. The number of hydrogen-bond donors (Lipinski definition) is 2. The number of alkyl halides is 2. The monoisotopic (exact) mass is 327 g/mol. The average molecular weight is 327 g/mol. The number of carbonyl (C=O) groups excluding carboxylic acids is 1. The van der Waals surface area contributed by atoms with Crippen LogP contribution in [0.15, 0.2) is 30.3 Å². The Morgan fingerprint density at radius 1 is 1.35 bits per heavy atom. The average Bonchev–Trinajstić information content (AvgIpc) is 2.85. The molecule has 1 fully saturated rings. The van der Waals surface area contributed by atoms with Crippen molar-refractivity contribution >= 4 is 12.1 Å². The van der Waals surface area contributed by atoms with Gasteiger partial charge in [-0.05, 0) is 17.9 Å². The minimum absolute atomic E-state index is 0.0350. The van der Waals surface area contributed by atoms with Gasteiger partial charge in [-0.2, -0.15) is 0 Å². The summed E-state index contributed by atoms with van der Waals surface area (Å²) in [6.45, 7) is 0.0350. The van der Waals surface area contributed by atoms with E-state index in [-0.39, 0.29) is 19.4 Å². The van der Waals surface area contributed by atoms with Crippen molar-refractivity contribution in [3.05, 3.63) is 35.9 Å². The van der Waals surface area contributed by atoms with E-state index in [0.717, 1.165) is 5.56 Å². The second-order valence-electron chi connectivity index (χ2n) is 5.77.